The number of hydrogen-bond donors (Lipinski definition) is 0. The highest BCUT2D eigenvalue weighted by atomic mass is 32.1. The van der Waals surface area contributed by atoms with E-state index in [4.69, 9.17) is 0 Å². The molecule has 1 amide bonds. The molecule has 0 spiro atoms. The first-order valence-electron chi connectivity index (χ1n) is 6.74. The average Bonchev–Trinajstić information content (AvgIpc) is 3.17. The molecular weight excluding hydrogens is 290 g/mol. The maximum atomic E-state index is 12.6. The van der Waals surface area contributed by atoms with Gasteiger partial charge in [-0.3, -0.25) is 14.9 Å². The van der Waals surface area contributed by atoms with E-state index in [9.17, 15) is 14.9 Å². The van der Waals surface area contributed by atoms with Crippen LogP contribution < -0.4 is 0 Å². The molecule has 1 aliphatic heterocycles. The molecule has 21 heavy (non-hydrogen) atoms. The third-order valence-corrected chi connectivity index (χ3v) is 4.85. The lowest BCUT2D eigenvalue weighted by atomic mass is 10.1. The predicted molar refractivity (Wildman–Crippen MR) is 79.4 cm³/mol. The molecule has 1 saturated heterocycles. The summed E-state index contributed by atoms with van der Waals surface area (Å²) in [6.07, 6.45) is 3.85. The molecule has 0 aliphatic carbocycles. The van der Waals surface area contributed by atoms with Crippen LogP contribution in [0.3, 0.4) is 0 Å². The zero-order valence-electron chi connectivity index (χ0n) is 11.6. The first-order valence-corrected chi connectivity index (χ1v) is 7.56. The Hall–Kier alpha value is -2.15. The van der Waals surface area contributed by atoms with Crippen LogP contribution in [-0.2, 0) is 7.05 Å². The third-order valence-electron chi connectivity index (χ3n) is 3.82. The minimum absolute atomic E-state index is 0.00737. The molecule has 1 atom stereocenters. The van der Waals surface area contributed by atoms with Crippen molar-refractivity contribution in [2.45, 2.75) is 18.9 Å². The summed E-state index contributed by atoms with van der Waals surface area (Å²) in [6.45, 7) is 0.695. The Balaban J connectivity index is 1.86. The number of amides is 1. The Kier molecular flexibility index (Phi) is 3.50. The number of rotatable bonds is 3. The number of likely N-dealkylation sites (tertiary alicyclic amines) is 1. The molecule has 0 saturated carbocycles. The van der Waals surface area contributed by atoms with Gasteiger partial charge in [0.05, 0.1) is 15.8 Å². The Bertz CT molecular complexity index is 691. The topological polar surface area (TPSA) is 68.4 Å². The van der Waals surface area contributed by atoms with Crippen molar-refractivity contribution in [3.05, 3.63) is 51.1 Å². The van der Waals surface area contributed by atoms with E-state index >= 15 is 0 Å². The van der Waals surface area contributed by atoms with Crippen molar-refractivity contribution in [1.29, 1.82) is 0 Å². The fourth-order valence-corrected chi connectivity index (χ4v) is 3.60. The van der Waals surface area contributed by atoms with Crippen LogP contribution in [0.25, 0.3) is 0 Å². The van der Waals surface area contributed by atoms with Crippen molar-refractivity contribution < 1.29 is 9.72 Å². The van der Waals surface area contributed by atoms with Crippen LogP contribution >= 0.6 is 11.3 Å². The lowest BCUT2D eigenvalue weighted by Gasteiger charge is -2.24. The molecule has 1 fully saturated rings. The van der Waals surface area contributed by atoms with Gasteiger partial charge in [0.25, 0.3) is 5.91 Å². The minimum Gasteiger partial charge on any atom is -0.353 e. The van der Waals surface area contributed by atoms with Crippen LogP contribution in [0.4, 0.5) is 5.00 Å². The Morgan fingerprint density at radius 3 is 2.86 bits per heavy atom. The molecule has 0 bridgehead atoms. The minimum atomic E-state index is -0.458. The van der Waals surface area contributed by atoms with Crippen molar-refractivity contribution >= 4 is 22.2 Å². The zero-order valence-corrected chi connectivity index (χ0v) is 12.4. The van der Waals surface area contributed by atoms with Crippen LogP contribution in [0, 0.1) is 10.1 Å². The van der Waals surface area contributed by atoms with E-state index in [-0.39, 0.29) is 17.0 Å². The molecule has 0 radical (unpaired) electrons. The molecule has 3 rings (SSSR count). The van der Waals surface area contributed by atoms with Crippen LogP contribution in [0.2, 0.25) is 0 Å². The fourth-order valence-electron chi connectivity index (χ4n) is 2.82. The van der Waals surface area contributed by atoms with Crippen LogP contribution in [-0.4, -0.2) is 26.8 Å². The SMILES string of the molecule is Cn1cccc1[C@@H]1CCCN1C(=O)c1ccc([N+](=O)[O-])s1. The number of carbonyl (C=O) groups excluding carboxylic acids is 1. The zero-order chi connectivity index (χ0) is 15.0. The summed E-state index contributed by atoms with van der Waals surface area (Å²) in [6, 6.07) is 6.98. The summed E-state index contributed by atoms with van der Waals surface area (Å²) in [5.74, 6) is -0.114. The number of aromatic nitrogens is 1. The van der Waals surface area contributed by atoms with Crippen molar-refractivity contribution in [3.8, 4) is 0 Å². The summed E-state index contributed by atoms with van der Waals surface area (Å²) >= 11 is 0.942. The molecule has 110 valence electrons. The Labute approximate surface area is 125 Å². The molecular formula is C14H15N3O3S. The standard InChI is InChI=1S/C14H15N3O3S/c1-15-8-2-4-10(15)11-5-3-9-16(11)14(18)12-6-7-13(21-12)17(19)20/h2,4,6-8,11H,3,5,9H2,1H3/t11-/m0/s1. The second-order valence-electron chi connectivity index (χ2n) is 5.10. The Morgan fingerprint density at radius 1 is 1.43 bits per heavy atom. The number of nitrogens with zero attached hydrogens (tertiary/aromatic N) is 3. The Morgan fingerprint density at radius 2 is 2.24 bits per heavy atom. The molecule has 2 aromatic heterocycles. The van der Waals surface area contributed by atoms with E-state index in [1.807, 2.05) is 34.8 Å². The lowest BCUT2D eigenvalue weighted by Crippen LogP contribution is -2.30. The van der Waals surface area contributed by atoms with Crippen molar-refractivity contribution in [3.63, 3.8) is 0 Å². The summed E-state index contributed by atoms with van der Waals surface area (Å²) in [7, 11) is 1.96. The van der Waals surface area contributed by atoms with E-state index in [1.165, 1.54) is 6.07 Å². The summed E-state index contributed by atoms with van der Waals surface area (Å²) in [5, 5.41) is 10.7. The van der Waals surface area contributed by atoms with Crippen molar-refractivity contribution in [2.75, 3.05) is 6.54 Å². The second-order valence-corrected chi connectivity index (χ2v) is 6.16. The number of carbonyl (C=O) groups is 1. The molecule has 3 heterocycles. The van der Waals surface area contributed by atoms with Gasteiger partial charge in [0.1, 0.15) is 0 Å². The summed E-state index contributed by atoms with van der Waals surface area (Å²) in [5.41, 5.74) is 1.10. The van der Waals surface area contributed by atoms with E-state index in [2.05, 4.69) is 0 Å². The smallest absolute Gasteiger partial charge is 0.324 e. The predicted octanol–water partition coefficient (Wildman–Crippen LogP) is 2.97. The quantitative estimate of drug-likeness (QED) is 0.646. The number of thiophene rings is 1. The van der Waals surface area contributed by atoms with Gasteiger partial charge in [0.15, 0.2) is 0 Å². The lowest BCUT2D eigenvalue weighted by molar-refractivity contribution is -0.380. The molecule has 7 heteroatoms. The first-order chi connectivity index (χ1) is 10.1. The highest BCUT2D eigenvalue weighted by Gasteiger charge is 2.33. The largest absolute Gasteiger partial charge is 0.353 e. The van der Waals surface area contributed by atoms with Gasteiger partial charge in [-0.15, -0.1) is 0 Å². The van der Waals surface area contributed by atoms with Gasteiger partial charge in [0, 0.05) is 31.5 Å². The first kappa shape index (κ1) is 13.8. The van der Waals surface area contributed by atoms with Gasteiger partial charge in [-0.1, -0.05) is 11.3 Å². The van der Waals surface area contributed by atoms with Crippen LogP contribution in [0.15, 0.2) is 30.5 Å². The molecule has 1 aliphatic rings. The molecule has 0 unspecified atom stereocenters. The highest BCUT2D eigenvalue weighted by Crippen LogP contribution is 2.35. The van der Waals surface area contributed by atoms with E-state index in [1.54, 1.807) is 6.07 Å². The number of hydrogen-bond acceptors (Lipinski definition) is 4. The summed E-state index contributed by atoms with van der Waals surface area (Å²) < 4.78 is 2.02. The van der Waals surface area contributed by atoms with Gasteiger partial charge in [-0.2, -0.15) is 0 Å². The average molecular weight is 305 g/mol. The number of aryl methyl sites for hydroxylation is 1. The fraction of sp³-hybridized carbons (Fsp3) is 0.357. The number of nitro groups is 1. The third kappa shape index (κ3) is 2.44. The van der Waals surface area contributed by atoms with Gasteiger partial charge < -0.3 is 9.47 Å². The van der Waals surface area contributed by atoms with Gasteiger partial charge >= 0.3 is 5.00 Å². The molecule has 0 N–H and O–H groups in total. The van der Waals surface area contributed by atoms with Crippen molar-refractivity contribution in [1.82, 2.24) is 9.47 Å². The monoisotopic (exact) mass is 305 g/mol. The summed E-state index contributed by atoms with van der Waals surface area (Å²) in [4.78, 5) is 25.1. The van der Waals surface area contributed by atoms with Gasteiger partial charge in [0.2, 0.25) is 0 Å². The van der Waals surface area contributed by atoms with E-state index in [0.29, 0.717) is 11.4 Å². The van der Waals surface area contributed by atoms with Crippen LogP contribution in [0.5, 0.6) is 0 Å². The maximum absolute atomic E-state index is 12.6. The van der Waals surface area contributed by atoms with Crippen molar-refractivity contribution in [2.24, 2.45) is 7.05 Å². The van der Waals surface area contributed by atoms with Gasteiger partial charge in [-0.05, 0) is 31.0 Å². The molecule has 0 aromatic carbocycles. The van der Waals surface area contributed by atoms with Gasteiger partial charge in [-0.25, -0.2) is 0 Å². The second kappa shape index (κ2) is 5.33. The molecule has 6 nitrogen and oxygen atoms in total. The van der Waals surface area contributed by atoms with E-state index in [0.717, 1.165) is 29.9 Å². The normalized spacial score (nSPS) is 18.1. The van der Waals surface area contributed by atoms with E-state index < -0.39 is 4.92 Å². The maximum Gasteiger partial charge on any atom is 0.324 e. The highest BCUT2D eigenvalue weighted by molar-refractivity contribution is 7.17. The molecule has 2 aromatic rings. The van der Waals surface area contributed by atoms with Crippen LogP contribution in [0.1, 0.15) is 34.2 Å².